The molecule has 1 unspecified atom stereocenters. The van der Waals surface area contributed by atoms with Crippen molar-refractivity contribution in [3.63, 3.8) is 0 Å². The van der Waals surface area contributed by atoms with Crippen LogP contribution in [0.25, 0.3) is 0 Å². The Morgan fingerprint density at radius 3 is 2.39 bits per heavy atom. The highest BCUT2D eigenvalue weighted by atomic mass is 35.5. The first kappa shape index (κ1) is 20.2. The van der Waals surface area contributed by atoms with Gasteiger partial charge in [-0.1, -0.05) is 23.7 Å². The van der Waals surface area contributed by atoms with Crippen molar-refractivity contribution in [3.8, 4) is 0 Å². The zero-order valence-electron chi connectivity index (χ0n) is 14.3. The van der Waals surface area contributed by atoms with Crippen LogP contribution in [0.15, 0.2) is 53.4 Å². The normalized spacial score (nSPS) is 17.2. The van der Waals surface area contributed by atoms with Crippen LogP contribution in [-0.2, 0) is 19.4 Å². The van der Waals surface area contributed by atoms with E-state index in [9.17, 15) is 26.8 Å². The van der Waals surface area contributed by atoms with Crippen LogP contribution in [0.3, 0.4) is 0 Å². The van der Waals surface area contributed by atoms with Gasteiger partial charge < -0.3 is 10.2 Å². The number of halogens is 3. The molecule has 2 aromatic carbocycles. The summed E-state index contributed by atoms with van der Waals surface area (Å²) in [6.07, 6.45) is -0.00506. The SMILES string of the molecule is O=C(Nc1ccc(S(=O)(=O)C(F)F)cc1)C1CC(=O)N(c2ccccc2Cl)C1. The molecule has 1 heterocycles. The summed E-state index contributed by atoms with van der Waals surface area (Å²) in [6.45, 7) is 0.145. The predicted molar refractivity (Wildman–Crippen MR) is 100 cm³/mol. The zero-order chi connectivity index (χ0) is 20.5. The highest BCUT2D eigenvalue weighted by molar-refractivity contribution is 7.91. The molecule has 1 aliphatic heterocycles. The summed E-state index contributed by atoms with van der Waals surface area (Å²) in [5, 5.41) is 2.96. The third-order valence-electron chi connectivity index (χ3n) is 4.32. The molecular weight excluding hydrogens is 414 g/mol. The molecule has 10 heteroatoms. The van der Waals surface area contributed by atoms with Crippen LogP contribution >= 0.6 is 11.6 Å². The number of benzene rings is 2. The highest BCUT2D eigenvalue weighted by Gasteiger charge is 2.36. The highest BCUT2D eigenvalue weighted by Crippen LogP contribution is 2.31. The smallest absolute Gasteiger partial charge is 0.326 e. The monoisotopic (exact) mass is 428 g/mol. The number of carbonyl (C=O) groups is 2. The number of hydrogen-bond donors (Lipinski definition) is 1. The van der Waals surface area contributed by atoms with Crippen LogP contribution in [0.2, 0.25) is 5.02 Å². The molecule has 1 N–H and O–H groups in total. The van der Waals surface area contributed by atoms with Gasteiger partial charge in [0, 0.05) is 18.7 Å². The van der Waals surface area contributed by atoms with Crippen molar-refractivity contribution in [2.45, 2.75) is 17.1 Å². The molecule has 1 aliphatic rings. The number of amides is 2. The molecule has 3 rings (SSSR count). The molecule has 0 aliphatic carbocycles. The van der Waals surface area contributed by atoms with E-state index in [0.717, 1.165) is 12.1 Å². The number of sulfone groups is 1. The standard InChI is InChI=1S/C18H15ClF2N2O4S/c19-14-3-1-2-4-15(14)23-10-11(9-16(23)24)17(25)22-12-5-7-13(8-6-12)28(26,27)18(20)21/h1-8,11,18H,9-10H2,(H,22,25). The van der Waals surface area contributed by atoms with E-state index in [1.165, 1.54) is 17.0 Å². The Labute approximate surface area is 165 Å². The van der Waals surface area contributed by atoms with E-state index in [-0.39, 0.29) is 24.6 Å². The second-order valence-corrected chi connectivity index (χ2v) is 8.50. The molecule has 1 fully saturated rings. The van der Waals surface area contributed by atoms with Crippen molar-refractivity contribution in [1.29, 1.82) is 0 Å². The lowest BCUT2D eigenvalue weighted by molar-refractivity contribution is -0.122. The number of rotatable bonds is 5. The second-order valence-electron chi connectivity index (χ2n) is 6.18. The molecule has 0 radical (unpaired) electrons. The maximum atomic E-state index is 12.6. The van der Waals surface area contributed by atoms with Crippen LogP contribution in [0.4, 0.5) is 20.2 Å². The van der Waals surface area contributed by atoms with Gasteiger partial charge in [-0.3, -0.25) is 9.59 Å². The third kappa shape index (κ3) is 4.00. The zero-order valence-corrected chi connectivity index (χ0v) is 15.9. The lowest BCUT2D eigenvalue weighted by Crippen LogP contribution is -2.28. The van der Waals surface area contributed by atoms with Crippen molar-refractivity contribution in [2.24, 2.45) is 5.92 Å². The summed E-state index contributed by atoms with van der Waals surface area (Å²) < 4.78 is 47.9. The molecule has 2 amide bonds. The Hall–Kier alpha value is -2.52. The van der Waals surface area contributed by atoms with Crippen LogP contribution in [0.1, 0.15) is 6.42 Å². The van der Waals surface area contributed by atoms with Crippen molar-refractivity contribution in [3.05, 3.63) is 53.6 Å². The van der Waals surface area contributed by atoms with Gasteiger partial charge in [-0.05, 0) is 36.4 Å². The number of anilines is 2. The van der Waals surface area contributed by atoms with E-state index in [0.29, 0.717) is 10.7 Å². The third-order valence-corrected chi connectivity index (χ3v) is 6.04. The van der Waals surface area contributed by atoms with Gasteiger partial charge in [0.1, 0.15) is 0 Å². The van der Waals surface area contributed by atoms with Crippen LogP contribution in [0, 0.1) is 5.92 Å². The fourth-order valence-corrected chi connectivity index (χ4v) is 3.82. The lowest BCUT2D eigenvalue weighted by atomic mass is 10.1. The quantitative estimate of drug-likeness (QED) is 0.791. The minimum atomic E-state index is -4.70. The Morgan fingerprint density at radius 2 is 1.79 bits per heavy atom. The van der Waals surface area contributed by atoms with E-state index >= 15 is 0 Å². The predicted octanol–water partition coefficient (Wildman–Crippen LogP) is 3.33. The molecule has 0 aromatic heterocycles. The summed E-state index contributed by atoms with van der Waals surface area (Å²) in [5.74, 6) is -4.83. The first-order chi connectivity index (χ1) is 13.2. The van der Waals surface area contributed by atoms with Gasteiger partial charge in [0.15, 0.2) is 0 Å². The topological polar surface area (TPSA) is 83.5 Å². The molecular formula is C18H15ClF2N2O4S. The first-order valence-electron chi connectivity index (χ1n) is 8.18. The molecule has 1 saturated heterocycles. The summed E-state index contributed by atoms with van der Waals surface area (Å²) in [7, 11) is -4.70. The number of hydrogen-bond acceptors (Lipinski definition) is 4. The largest absolute Gasteiger partial charge is 0.341 e. The fraction of sp³-hybridized carbons (Fsp3) is 0.222. The molecule has 0 spiro atoms. The summed E-state index contributed by atoms with van der Waals surface area (Å²) in [4.78, 5) is 25.6. The van der Waals surface area contributed by atoms with Crippen LogP contribution in [0.5, 0.6) is 0 Å². The van der Waals surface area contributed by atoms with Gasteiger partial charge in [-0.25, -0.2) is 8.42 Å². The number of carbonyl (C=O) groups excluding carboxylic acids is 2. The number of para-hydroxylation sites is 1. The average Bonchev–Trinajstić information content (AvgIpc) is 3.04. The molecule has 148 valence electrons. The van der Waals surface area contributed by atoms with E-state index in [4.69, 9.17) is 11.6 Å². The van der Waals surface area contributed by atoms with Crippen molar-refractivity contribution in [2.75, 3.05) is 16.8 Å². The molecule has 2 aromatic rings. The van der Waals surface area contributed by atoms with Gasteiger partial charge in [-0.15, -0.1) is 0 Å². The molecule has 0 saturated carbocycles. The number of nitrogens with zero attached hydrogens (tertiary/aromatic N) is 1. The lowest BCUT2D eigenvalue weighted by Gasteiger charge is -2.18. The summed E-state index contributed by atoms with van der Waals surface area (Å²) in [5.41, 5.74) is 0.757. The Morgan fingerprint density at radius 1 is 1.14 bits per heavy atom. The van der Waals surface area contributed by atoms with Gasteiger partial charge in [0.05, 0.1) is 21.5 Å². The van der Waals surface area contributed by atoms with Gasteiger partial charge in [-0.2, -0.15) is 8.78 Å². The van der Waals surface area contributed by atoms with Crippen molar-refractivity contribution < 1.29 is 26.8 Å². The maximum absolute atomic E-state index is 12.6. The minimum absolute atomic E-state index is 0.00506. The Bertz CT molecular complexity index is 1010. The van der Waals surface area contributed by atoms with E-state index in [2.05, 4.69) is 5.32 Å². The van der Waals surface area contributed by atoms with Gasteiger partial charge in [0.25, 0.3) is 0 Å². The van der Waals surface area contributed by atoms with E-state index in [1.54, 1.807) is 24.3 Å². The second kappa shape index (κ2) is 7.84. The Kier molecular flexibility index (Phi) is 5.66. The summed E-state index contributed by atoms with van der Waals surface area (Å²) in [6, 6.07) is 11.2. The van der Waals surface area contributed by atoms with Crippen molar-refractivity contribution in [1.82, 2.24) is 0 Å². The average molecular weight is 429 g/mol. The van der Waals surface area contributed by atoms with Gasteiger partial charge >= 0.3 is 5.76 Å². The molecule has 0 bridgehead atoms. The summed E-state index contributed by atoms with van der Waals surface area (Å²) >= 11 is 6.10. The van der Waals surface area contributed by atoms with E-state index < -0.39 is 32.3 Å². The minimum Gasteiger partial charge on any atom is -0.326 e. The Balaban J connectivity index is 1.69. The van der Waals surface area contributed by atoms with Crippen molar-refractivity contribution >= 4 is 44.6 Å². The fourth-order valence-electron chi connectivity index (χ4n) is 2.86. The van der Waals surface area contributed by atoms with Gasteiger partial charge in [0.2, 0.25) is 21.7 Å². The first-order valence-corrected chi connectivity index (χ1v) is 10.1. The van der Waals surface area contributed by atoms with Crippen LogP contribution < -0.4 is 10.2 Å². The number of nitrogens with one attached hydrogen (secondary N) is 1. The molecule has 28 heavy (non-hydrogen) atoms. The number of alkyl halides is 2. The molecule has 6 nitrogen and oxygen atoms in total. The molecule has 1 atom stereocenters. The maximum Gasteiger partial charge on any atom is 0.341 e. The van der Waals surface area contributed by atoms with Crippen LogP contribution in [-0.4, -0.2) is 32.5 Å². The van der Waals surface area contributed by atoms with E-state index in [1.807, 2.05) is 0 Å².